The van der Waals surface area contributed by atoms with E-state index in [1.807, 2.05) is 29.2 Å². The summed E-state index contributed by atoms with van der Waals surface area (Å²) in [5, 5.41) is 11.9. The van der Waals surface area contributed by atoms with E-state index in [4.69, 9.17) is 0 Å². The van der Waals surface area contributed by atoms with Crippen molar-refractivity contribution >= 4 is 17.3 Å². The molecule has 1 saturated heterocycles. The molecule has 0 aromatic heterocycles. The minimum Gasteiger partial charge on any atom is -0.373 e. The van der Waals surface area contributed by atoms with Crippen LogP contribution in [0.4, 0.5) is 15.8 Å². The number of nitriles is 1. The van der Waals surface area contributed by atoms with Gasteiger partial charge in [-0.3, -0.25) is 4.79 Å². The van der Waals surface area contributed by atoms with Crippen molar-refractivity contribution in [2.45, 2.75) is 0 Å². The van der Waals surface area contributed by atoms with Crippen LogP contribution in [0.25, 0.3) is 0 Å². The fourth-order valence-corrected chi connectivity index (χ4v) is 2.80. The molecule has 0 atom stereocenters. The molecule has 0 bridgehead atoms. The molecule has 0 saturated carbocycles. The third kappa shape index (κ3) is 4.39. The number of carbonyl (C=O) groups excluding carboxylic acids is 1. The first-order valence-corrected chi connectivity index (χ1v) is 8.38. The van der Waals surface area contributed by atoms with E-state index in [1.165, 1.54) is 30.0 Å². The summed E-state index contributed by atoms with van der Waals surface area (Å²) in [6.45, 7) is 3.09. The molecule has 1 aliphatic heterocycles. The van der Waals surface area contributed by atoms with E-state index in [0.717, 1.165) is 26.2 Å². The molecule has 6 heteroatoms. The molecule has 5 nitrogen and oxygen atoms in total. The highest BCUT2D eigenvalue weighted by molar-refractivity contribution is 6.06. The molecule has 1 amide bonds. The zero-order valence-corrected chi connectivity index (χ0v) is 14.2. The van der Waals surface area contributed by atoms with Crippen molar-refractivity contribution in [1.82, 2.24) is 4.90 Å². The average molecular weight is 350 g/mol. The Morgan fingerprint density at radius 1 is 1.04 bits per heavy atom. The predicted molar refractivity (Wildman–Crippen MR) is 99.0 cm³/mol. The van der Waals surface area contributed by atoms with Crippen LogP contribution in [0.2, 0.25) is 0 Å². The molecule has 26 heavy (non-hydrogen) atoms. The molecule has 1 fully saturated rings. The number of hydrogen-bond donors (Lipinski definition) is 1. The average Bonchev–Trinajstić information content (AvgIpc) is 2.69. The first-order chi connectivity index (χ1) is 12.7. The van der Waals surface area contributed by atoms with Crippen molar-refractivity contribution in [3.05, 3.63) is 72.2 Å². The van der Waals surface area contributed by atoms with Gasteiger partial charge >= 0.3 is 0 Å². The second-order valence-corrected chi connectivity index (χ2v) is 5.97. The van der Waals surface area contributed by atoms with Crippen LogP contribution >= 0.6 is 0 Å². The minimum absolute atomic E-state index is 0.0301. The van der Waals surface area contributed by atoms with Crippen molar-refractivity contribution in [2.24, 2.45) is 0 Å². The Balaban J connectivity index is 1.60. The smallest absolute Gasteiger partial charge is 0.267 e. The SMILES string of the molecule is N#C/C(=C\N1CCN(c2ccccc2)CC1)C(=O)Nc1ccc(F)cc1. The van der Waals surface area contributed by atoms with Gasteiger partial charge in [-0.1, -0.05) is 18.2 Å². The zero-order chi connectivity index (χ0) is 18.4. The maximum absolute atomic E-state index is 12.9. The molecule has 1 heterocycles. The topological polar surface area (TPSA) is 59.4 Å². The summed E-state index contributed by atoms with van der Waals surface area (Å²) >= 11 is 0. The zero-order valence-electron chi connectivity index (χ0n) is 14.2. The Bertz CT molecular complexity index is 819. The molecular formula is C20H19FN4O. The van der Waals surface area contributed by atoms with E-state index in [2.05, 4.69) is 22.3 Å². The van der Waals surface area contributed by atoms with Crippen LogP contribution in [0.15, 0.2) is 66.4 Å². The Labute approximate surface area is 152 Å². The van der Waals surface area contributed by atoms with E-state index < -0.39 is 5.91 Å². The Morgan fingerprint density at radius 3 is 2.31 bits per heavy atom. The van der Waals surface area contributed by atoms with Crippen LogP contribution in [0, 0.1) is 17.1 Å². The summed E-state index contributed by atoms with van der Waals surface area (Å²) in [5.41, 5.74) is 1.65. The van der Waals surface area contributed by atoms with Gasteiger partial charge in [-0.25, -0.2) is 4.39 Å². The molecule has 2 aromatic carbocycles. The van der Waals surface area contributed by atoms with E-state index in [-0.39, 0.29) is 11.4 Å². The summed E-state index contributed by atoms with van der Waals surface area (Å²) in [6, 6.07) is 17.5. The Hall–Kier alpha value is -3.33. The van der Waals surface area contributed by atoms with Gasteiger partial charge < -0.3 is 15.1 Å². The number of nitrogens with one attached hydrogen (secondary N) is 1. The van der Waals surface area contributed by atoms with Gasteiger partial charge in [0, 0.05) is 43.8 Å². The molecule has 0 unspecified atom stereocenters. The summed E-state index contributed by atoms with van der Waals surface area (Å²) in [7, 11) is 0. The van der Waals surface area contributed by atoms with Crippen molar-refractivity contribution in [3.8, 4) is 6.07 Å². The second kappa shape index (κ2) is 8.17. The lowest BCUT2D eigenvalue weighted by molar-refractivity contribution is -0.112. The van der Waals surface area contributed by atoms with Crippen LogP contribution < -0.4 is 10.2 Å². The maximum atomic E-state index is 12.9. The van der Waals surface area contributed by atoms with Crippen molar-refractivity contribution < 1.29 is 9.18 Å². The first kappa shape index (κ1) is 17.5. The molecule has 0 spiro atoms. The number of rotatable bonds is 4. The molecule has 3 rings (SSSR count). The second-order valence-electron chi connectivity index (χ2n) is 5.97. The molecule has 1 aliphatic rings. The lowest BCUT2D eigenvalue weighted by Gasteiger charge is -2.35. The number of benzene rings is 2. The van der Waals surface area contributed by atoms with Gasteiger partial charge in [-0.15, -0.1) is 0 Å². The minimum atomic E-state index is -0.496. The van der Waals surface area contributed by atoms with Crippen molar-refractivity contribution in [3.63, 3.8) is 0 Å². The highest BCUT2D eigenvalue weighted by Gasteiger charge is 2.17. The van der Waals surface area contributed by atoms with Crippen LogP contribution in [-0.2, 0) is 4.79 Å². The van der Waals surface area contributed by atoms with Gasteiger partial charge in [0.25, 0.3) is 5.91 Å². The number of halogens is 1. The molecule has 132 valence electrons. The monoisotopic (exact) mass is 350 g/mol. The van der Waals surface area contributed by atoms with Gasteiger partial charge in [0.05, 0.1) is 0 Å². The standard InChI is InChI=1S/C20H19FN4O/c21-17-6-8-18(9-7-17)23-20(26)16(14-22)15-24-10-12-25(13-11-24)19-4-2-1-3-5-19/h1-9,15H,10-13H2,(H,23,26)/b16-15+. The first-order valence-electron chi connectivity index (χ1n) is 8.38. The highest BCUT2D eigenvalue weighted by atomic mass is 19.1. The van der Waals surface area contributed by atoms with E-state index in [0.29, 0.717) is 5.69 Å². The summed E-state index contributed by atoms with van der Waals surface area (Å²) in [6.07, 6.45) is 1.60. The lowest BCUT2D eigenvalue weighted by Crippen LogP contribution is -2.44. The Kier molecular flexibility index (Phi) is 5.49. The van der Waals surface area contributed by atoms with Crippen molar-refractivity contribution in [1.29, 1.82) is 5.26 Å². The molecule has 0 radical (unpaired) electrons. The predicted octanol–water partition coefficient (Wildman–Crippen LogP) is 2.99. The van der Waals surface area contributed by atoms with Gasteiger partial charge in [0.1, 0.15) is 17.5 Å². The highest BCUT2D eigenvalue weighted by Crippen LogP contribution is 2.16. The van der Waals surface area contributed by atoms with E-state index in [9.17, 15) is 14.4 Å². The molecule has 2 aromatic rings. The fourth-order valence-electron chi connectivity index (χ4n) is 2.80. The third-order valence-electron chi connectivity index (χ3n) is 4.21. The van der Waals surface area contributed by atoms with Gasteiger partial charge in [-0.2, -0.15) is 5.26 Å². The van der Waals surface area contributed by atoms with Crippen LogP contribution in [0.3, 0.4) is 0 Å². The molecule has 0 aliphatic carbocycles. The third-order valence-corrected chi connectivity index (χ3v) is 4.21. The van der Waals surface area contributed by atoms with Crippen LogP contribution in [0.1, 0.15) is 0 Å². The lowest BCUT2D eigenvalue weighted by atomic mass is 10.2. The molecule has 1 N–H and O–H groups in total. The quantitative estimate of drug-likeness (QED) is 0.680. The number of amides is 1. The van der Waals surface area contributed by atoms with Gasteiger partial charge in [0.15, 0.2) is 0 Å². The molecular weight excluding hydrogens is 331 g/mol. The Morgan fingerprint density at radius 2 is 1.69 bits per heavy atom. The van der Waals surface area contributed by atoms with Crippen LogP contribution in [-0.4, -0.2) is 37.0 Å². The van der Waals surface area contributed by atoms with Crippen molar-refractivity contribution in [2.75, 3.05) is 36.4 Å². The van der Waals surface area contributed by atoms with Gasteiger partial charge in [-0.05, 0) is 36.4 Å². The normalized spacial score (nSPS) is 14.7. The number of hydrogen-bond acceptors (Lipinski definition) is 4. The number of para-hydroxylation sites is 1. The summed E-state index contributed by atoms with van der Waals surface area (Å²) in [5.74, 6) is -0.875. The van der Waals surface area contributed by atoms with E-state index >= 15 is 0 Å². The maximum Gasteiger partial charge on any atom is 0.267 e. The summed E-state index contributed by atoms with van der Waals surface area (Å²) in [4.78, 5) is 16.5. The number of piperazine rings is 1. The number of anilines is 2. The fraction of sp³-hybridized carbons (Fsp3) is 0.200. The number of carbonyl (C=O) groups is 1. The van der Waals surface area contributed by atoms with Gasteiger partial charge in [0.2, 0.25) is 0 Å². The largest absolute Gasteiger partial charge is 0.373 e. The van der Waals surface area contributed by atoms with E-state index in [1.54, 1.807) is 6.20 Å². The number of nitrogens with zero attached hydrogens (tertiary/aromatic N) is 3. The van der Waals surface area contributed by atoms with Crippen LogP contribution in [0.5, 0.6) is 0 Å². The summed E-state index contributed by atoms with van der Waals surface area (Å²) < 4.78 is 12.9.